The molecular weight excluding hydrogens is 595 g/mol. The van der Waals surface area contributed by atoms with Gasteiger partial charge in [-0.2, -0.15) is 0 Å². The summed E-state index contributed by atoms with van der Waals surface area (Å²) in [4.78, 5) is 46.1. The van der Waals surface area contributed by atoms with Crippen molar-refractivity contribution in [3.63, 3.8) is 0 Å². The highest BCUT2D eigenvalue weighted by Crippen LogP contribution is 2.62. The first-order chi connectivity index (χ1) is 21.4. The third-order valence-corrected chi connectivity index (χ3v) is 9.37. The van der Waals surface area contributed by atoms with E-state index >= 15 is 0 Å². The average Bonchev–Trinajstić information content (AvgIpc) is 3.51. The van der Waals surface area contributed by atoms with Gasteiger partial charge in [0.25, 0.3) is 0 Å². The predicted octanol–water partition coefficient (Wildman–Crippen LogP) is 7.54. The molecule has 44 heavy (non-hydrogen) atoms. The lowest BCUT2D eigenvalue weighted by molar-refractivity contribution is -0.122. The molecule has 7 rings (SSSR count). The van der Waals surface area contributed by atoms with Crippen LogP contribution in [0.2, 0.25) is 10.0 Å². The van der Waals surface area contributed by atoms with Crippen molar-refractivity contribution in [2.75, 3.05) is 11.9 Å². The fraction of sp³-hybridized carbons (Fsp3) is 0.139. The fourth-order valence-corrected chi connectivity index (χ4v) is 7.57. The molecule has 3 heterocycles. The van der Waals surface area contributed by atoms with Crippen LogP contribution in [0.25, 0.3) is 6.08 Å². The number of rotatable bonds is 7. The number of Topliss-reactive ketones (excluding diaryl/α,β-unsaturated/α-hetero) is 2. The highest BCUT2D eigenvalue weighted by atomic mass is 35.5. The summed E-state index contributed by atoms with van der Waals surface area (Å²) in [7, 11) is 0. The molecule has 3 aliphatic heterocycles. The molecule has 0 bridgehead atoms. The van der Waals surface area contributed by atoms with E-state index in [1.807, 2.05) is 65.7 Å². The van der Waals surface area contributed by atoms with Crippen LogP contribution in [0.3, 0.4) is 0 Å². The number of para-hydroxylation sites is 1. The predicted molar refractivity (Wildman–Crippen MR) is 171 cm³/mol. The Labute approximate surface area is 264 Å². The summed E-state index contributed by atoms with van der Waals surface area (Å²) < 4.78 is 5.64. The lowest BCUT2D eigenvalue weighted by atomic mass is 9.62. The van der Waals surface area contributed by atoms with E-state index < -0.39 is 23.4 Å². The Morgan fingerprint density at radius 2 is 1.70 bits per heavy atom. The summed E-state index contributed by atoms with van der Waals surface area (Å²) in [6, 6.07) is 24.9. The van der Waals surface area contributed by atoms with Crippen LogP contribution in [0.15, 0.2) is 110 Å². The molecule has 1 fully saturated rings. The summed E-state index contributed by atoms with van der Waals surface area (Å²) in [6.45, 7) is 3.99. The van der Waals surface area contributed by atoms with Crippen molar-refractivity contribution in [1.82, 2.24) is 4.90 Å². The molecule has 1 amide bonds. The van der Waals surface area contributed by atoms with Crippen molar-refractivity contribution in [3.8, 4) is 5.75 Å². The van der Waals surface area contributed by atoms with Gasteiger partial charge >= 0.3 is 0 Å². The number of fused-ring (bicyclic) bond motifs is 6. The van der Waals surface area contributed by atoms with Crippen molar-refractivity contribution in [2.24, 2.45) is 5.92 Å². The summed E-state index contributed by atoms with van der Waals surface area (Å²) in [5.41, 5.74) is 2.20. The quantitative estimate of drug-likeness (QED) is 0.171. The first kappa shape index (κ1) is 28.1. The Kier molecular flexibility index (Phi) is 6.91. The largest absolute Gasteiger partial charge is 0.490 e. The van der Waals surface area contributed by atoms with Crippen LogP contribution in [0.5, 0.6) is 5.75 Å². The van der Waals surface area contributed by atoms with Crippen LogP contribution in [0.1, 0.15) is 43.4 Å². The molecule has 4 aromatic rings. The van der Waals surface area contributed by atoms with E-state index in [0.29, 0.717) is 34.2 Å². The van der Waals surface area contributed by atoms with E-state index in [9.17, 15) is 14.4 Å². The second-order valence-corrected chi connectivity index (χ2v) is 11.9. The Hall–Kier alpha value is -4.65. The molecule has 6 nitrogen and oxygen atoms in total. The normalized spacial score (nSPS) is 22.6. The third kappa shape index (κ3) is 4.13. The molecule has 4 aromatic carbocycles. The van der Waals surface area contributed by atoms with E-state index in [-0.39, 0.29) is 28.1 Å². The molecule has 1 saturated heterocycles. The number of amides is 1. The molecule has 8 heteroatoms. The topological polar surface area (TPSA) is 75.7 Å². The number of carbonyl (C=O) groups excluding carboxylic acids is 3. The molecule has 0 aliphatic carbocycles. The van der Waals surface area contributed by atoms with E-state index in [2.05, 4.69) is 11.9 Å². The molecule has 4 atom stereocenters. The Bertz CT molecular complexity index is 1890. The van der Waals surface area contributed by atoms with Crippen LogP contribution in [0, 0.1) is 5.92 Å². The summed E-state index contributed by atoms with van der Waals surface area (Å²) in [6.07, 6.45) is 5.38. The lowest BCUT2D eigenvalue weighted by Crippen LogP contribution is -2.49. The molecule has 1 spiro atoms. The Morgan fingerprint density at radius 1 is 0.955 bits per heavy atom. The summed E-state index contributed by atoms with van der Waals surface area (Å²) in [5.74, 6) is -1.59. The lowest BCUT2D eigenvalue weighted by Gasteiger charge is -2.38. The zero-order valence-electron chi connectivity index (χ0n) is 23.4. The number of anilines is 1. The van der Waals surface area contributed by atoms with Crippen molar-refractivity contribution in [2.45, 2.75) is 17.5 Å². The number of halogens is 2. The highest BCUT2D eigenvalue weighted by molar-refractivity contribution is 6.37. The highest BCUT2D eigenvalue weighted by Gasteiger charge is 2.70. The molecule has 3 aliphatic rings. The zero-order chi connectivity index (χ0) is 30.6. The number of hydrogen-bond donors (Lipinski definition) is 1. The van der Waals surface area contributed by atoms with Crippen molar-refractivity contribution in [1.29, 1.82) is 0 Å². The van der Waals surface area contributed by atoms with Crippen LogP contribution in [-0.2, 0) is 10.2 Å². The molecule has 218 valence electrons. The molecule has 0 radical (unpaired) electrons. The van der Waals surface area contributed by atoms with Gasteiger partial charge in [0.1, 0.15) is 23.8 Å². The Morgan fingerprint density at radius 3 is 2.48 bits per heavy atom. The minimum Gasteiger partial charge on any atom is -0.490 e. The number of hydrogen-bond acceptors (Lipinski definition) is 5. The summed E-state index contributed by atoms with van der Waals surface area (Å²) in [5, 5.41) is 3.61. The monoisotopic (exact) mass is 620 g/mol. The number of benzene rings is 4. The number of nitrogens with zero attached hydrogens (tertiary/aromatic N) is 1. The number of ether oxygens (including phenoxy) is 1. The number of nitrogens with one attached hydrogen (secondary N) is 1. The molecule has 0 unspecified atom stereocenters. The maximum atomic E-state index is 14.9. The second-order valence-electron chi connectivity index (χ2n) is 11.1. The molecule has 0 saturated carbocycles. The standard InChI is InChI=1S/C36H26Cl2N2O4/c1-2-19-44-24-14-11-22(12-15-24)32(41)30-31(33(42)26-16-13-23(37)20-28(26)38)40-18-17-21-7-3-4-8-25(21)34(40)36(30)27-9-5-6-10-29(27)39-35(36)43/h2-18,20,30-31,34H,1,19H2,(H,39,43)/t30-,31-,34-,36-/m1/s1. The average molecular weight is 622 g/mol. The number of carbonyl (C=O) groups is 3. The van der Waals surface area contributed by atoms with Gasteiger partial charge < -0.3 is 15.0 Å². The van der Waals surface area contributed by atoms with Crippen molar-refractivity contribution >= 4 is 52.4 Å². The second kappa shape index (κ2) is 10.8. The van der Waals surface area contributed by atoms with Gasteiger partial charge in [-0.25, -0.2) is 0 Å². The zero-order valence-corrected chi connectivity index (χ0v) is 24.9. The van der Waals surface area contributed by atoms with Gasteiger partial charge in [-0.3, -0.25) is 14.4 Å². The van der Waals surface area contributed by atoms with E-state index in [4.69, 9.17) is 27.9 Å². The first-order valence-corrected chi connectivity index (χ1v) is 14.9. The van der Waals surface area contributed by atoms with Crippen LogP contribution < -0.4 is 10.1 Å². The third-order valence-electron chi connectivity index (χ3n) is 8.82. The van der Waals surface area contributed by atoms with Gasteiger partial charge in [0.2, 0.25) is 5.91 Å². The van der Waals surface area contributed by atoms with Crippen molar-refractivity contribution < 1.29 is 19.1 Å². The van der Waals surface area contributed by atoms with Crippen LogP contribution in [0.4, 0.5) is 5.69 Å². The SMILES string of the molecule is C=CCOc1ccc(C(=O)[C@H]2[C@H](C(=O)c3ccc(Cl)cc3Cl)N3C=Cc4ccccc4[C@@H]3[C@]23C(=O)Nc2ccccc23)cc1. The molecule has 0 aromatic heterocycles. The molecule has 1 N–H and O–H groups in total. The van der Waals surface area contributed by atoms with Gasteiger partial charge in [-0.05, 0) is 71.3 Å². The fourth-order valence-electron chi connectivity index (χ4n) is 7.07. The van der Waals surface area contributed by atoms with Crippen molar-refractivity contribution in [3.05, 3.63) is 148 Å². The van der Waals surface area contributed by atoms with Gasteiger partial charge in [0, 0.05) is 28.0 Å². The first-order valence-electron chi connectivity index (χ1n) is 14.2. The minimum atomic E-state index is -1.44. The minimum absolute atomic E-state index is 0.174. The van der Waals surface area contributed by atoms with E-state index in [1.165, 1.54) is 6.07 Å². The van der Waals surface area contributed by atoms with Crippen LogP contribution in [-0.4, -0.2) is 35.0 Å². The molecular formula is C36H26Cl2N2O4. The van der Waals surface area contributed by atoms with E-state index in [0.717, 1.165) is 11.1 Å². The maximum Gasteiger partial charge on any atom is 0.238 e. The Balaban J connectivity index is 1.49. The van der Waals surface area contributed by atoms with Gasteiger partial charge in [-0.1, -0.05) is 78.3 Å². The smallest absolute Gasteiger partial charge is 0.238 e. The van der Waals surface area contributed by atoms with E-state index in [1.54, 1.807) is 42.5 Å². The summed E-state index contributed by atoms with van der Waals surface area (Å²) >= 11 is 12.8. The van der Waals surface area contributed by atoms with Crippen LogP contribution >= 0.6 is 23.2 Å². The number of ketones is 2. The van der Waals surface area contributed by atoms with Gasteiger partial charge in [0.15, 0.2) is 11.6 Å². The maximum absolute atomic E-state index is 14.9. The van der Waals surface area contributed by atoms with Gasteiger partial charge in [-0.15, -0.1) is 0 Å². The van der Waals surface area contributed by atoms with Gasteiger partial charge in [0.05, 0.1) is 17.0 Å².